The van der Waals surface area contributed by atoms with Gasteiger partial charge in [0.15, 0.2) is 6.61 Å². The fraction of sp³-hybridized carbons (Fsp3) is 0.532. The average Bonchev–Trinajstić information content (AvgIpc) is 3.51. The summed E-state index contributed by atoms with van der Waals surface area (Å²) in [5.41, 5.74) is 3.81. The van der Waals surface area contributed by atoms with Crippen molar-refractivity contribution < 1.29 is 45.7 Å². The first-order valence-electron chi connectivity index (χ1n) is 22.0. The van der Waals surface area contributed by atoms with Gasteiger partial charge in [0.05, 0.1) is 22.4 Å². The average molecular weight is 892 g/mol. The lowest BCUT2D eigenvalue weighted by Crippen LogP contribution is -2.57. The van der Waals surface area contributed by atoms with Crippen molar-refractivity contribution in [2.24, 2.45) is 11.3 Å². The summed E-state index contributed by atoms with van der Waals surface area (Å²) >= 11 is 0. The summed E-state index contributed by atoms with van der Waals surface area (Å²) in [7, 11) is -7.74. The molecule has 0 saturated carbocycles. The van der Waals surface area contributed by atoms with E-state index in [1.165, 1.54) is 16.4 Å². The third-order valence-electron chi connectivity index (χ3n) is 13.4. The van der Waals surface area contributed by atoms with Crippen LogP contribution >= 0.6 is 0 Å². The number of amides is 1. The maximum Gasteiger partial charge on any atom is 0.410 e. The molecule has 0 radical (unpaired) electrons. The number of rotatable bonds is 14. The minimum Gasteiger partial charge on any atom is -0.482 e. The van der Waals surface area contributed by atoms with E-state index in [1.807, 2.05) is 61.5 Å². The molecule has 0 unspecified atom stereocenters. The van der Waals surface area contributed by atoms with Crippen LogP contribution in [0.25, 0.3) is 0 Å². The fourth-order valence-corrected chi connectivity index (χ4v) is 13.4. The summed E-state index contributed by atoms with van der Waals surface area (Å²) in [5, 5.41) is 8.97. The first-order valence-corrected chi connectivity index (χ1v) is 25.0. The number of carboxylic acids is 1. The second-order valence-electron chi connectivity index (χ2n) is 17.5. The molecule has 13 nitrogen and oxygen atoms in total. The number of carbonyl (C=O) groups is 2. The molecule has 3 fully saturated rings. The smallest absolute Gasteiger partial charge is 0.410 e. The zero-order chi connectivity index (χ0) is 44.1. The lowest BCUT2D eigenvalue weighted by Gasteiger charge is -2.54. The number of fused-ring (bicyclic) bond motifs is 1. The molecule has 62 heavy (non-hydrogen) atoms. The standard InChI is InChI=1S/C47H61N3O10S2/c1-4-5-16-43-47(23-11-24-50(33-47)61(54,55)38-21-25-48(26-22-38)46(53)59-31-35-12-7-6-8-13-35)30-41(34(2)3)45(60-43)40-29-39(17-18-42(40)58-32-44(51)52)62(56,57)49-27-19-36-14-9-10-15-37(36)20-28-49/h6-10,12-15,17-18,29,38,41,43,45H,2,4-5,11,16,19-28,30-33H2,1,3H3,(H,51,52)/t41-,43+,45-,47+/m0/s1. The Hall–Kier alpha value is -4.28. The number of aliphatic carboxylic acids is 1. The number of ether oxygens (including phenoxy) is 3. The Balaban J connectivity index is 1.12. The summed E-state index contributed by atoms with van der Waals surface area (Å²) in [5.74, 6) is -1.31. The molecule has 1 spiro atoms. The molecular formula is C47H61N3O10S2. The molecule has 0 bridgehead atoms. The Kier molecular flexibility index (Phi) is 14.5. The number of benzene rings is 3. The Morgan fingerprint density at radius 2 is 1.58 bits per heavy atom. The highest BCUT2D eigenvalue weighted by atomic mass is 32.2. The van der Waals surface area contributed by atoms with Crippen molar-refractivity contribution in [2.45, 2.75) is 107 Å². The van der Waals surface area contributed by atoms with Crippen LogP contribution in [0.5, 0.6) is 5.75 Å². The van der Waals surface area contributed by atoms with Gasteiger partial charge in [-0.05, 0) is 93.2 Å². The van der Waals surface area contributed by atoms with Crippen LogP contribution < -0.4 is 4.74 Å². The van der Waals surface area contributed by atoms with Gasteiger partial charge in [-0.1, -0.05) is 86.5 Å². The molecule has 0 aliphatic carbocycles. The number of hydrogen-bond donors (Lipinski definition) is 1. The number of piperidine rings is 2. The normalized spacial score (nSPS) is 24.2. The van der Waals surface area contributed by atoms with Crippen LogP contribution in [0.15, 0.2) is 89.8 Å². The molecule has 3 saturated heterocycles. The molecule has 1 amide bonds. The number of carboxylic acid groups (broad SMARTS) is 1. The maximum absolute atomic E-state index is 14.5. The van der Waals surface area contributed by atoms with Crippen LogP contribution in [0.4, 0.5) is 4.79 Å². The van der Waals surface area contributed by atoms with Crippen molar-refractivity contribution >= 4 is 32.1 Å². The number of hydrogen-bond acceptors (Lipinski definition) is 9. The van der Waals surface area contributed by atoms with Crippen LogP contribution in [0.1, 0.15) is 93.6 Å². The molecule has 336 valence electrons. The van der Waals surface area contributed by atoms with Gasteiger partial charge < -0.3 is 24.2 Å². The summed E-state index contributed by atoms with van der Waals surface area (Å²) in [6.45, 7) is 9.77. The van der Waals surface area contributed by atoms with Gasteiger partial charge in [-0.25, -0.2) is 30.7 Å². The molecule has 1 N–H and O–H groups in total. The summed E-state index contributed by atoms with van der Waals surface area (Å²) in [6, 6.07) is 22.0. The Morgan fingerprint density at radius 1 is 0.903 bits per heavy atom. The van der Waals surface area contributed by atoms with E-state index in [2.05, 4.69) is 13.5 Å². The van der Waals surface area contributed by atoms with Crippen LogP contribution in [0, 0.1) is 11.3 Å². The van der Waals surface area contributed by atoms with Crippen molar-refractivity contribution in [2.75, 3.05) is 45.9 Å². The number of likely N-dealkylation sites (tertiary alicyclic amines) is 1. The van der Waals surface area contributed by atoms with Crippen molar-refractivity contribution in [3.63, 3.8) is 0 Å². The highest BCUT2D eigenvalue weighted by Crippen LogP contribution is 2.55. The quantitative estimate of drug-likeness (QED) is 0.162. The van der Waals surface area contributed by atoms with E-state index < -0.39 is 55.5 Å². The Labute approximate surface area is 367 Å². The SMILES string of the molecule is C=C(C)[C@@H]1C[C@@]2(CCCN(S(=O)(=O)C3CCN(C(=O)OCc4ccccc4)CC3)C2)[C@@H](CCCC)O[C@H]1c1cc(S(=O)(=O)N2CCc3ccccc3CC2)ccc1OCC(=O)O. The van der Waals surface area contributed by atoms with E-state index in [9.17, 15) is 31.5 Å². The summed E-state index contributed by atoms with van der Waals surface area (Å²) in [4.78, 5) is 26.3. The third-order valence-corrected chi connectivity index (χ3v) is 17.6. The van der Waals surface area contributed by atoms with Gasteiger partial charge in [-0.3, -0.25) is 0 Å². The molecule has 4 heterocycles. The van der Waals surface area contributed by atoms with Gasteiger partial charge in [0.25, 0.3) is 0 Å². The molecule has 4 aliphatic rings. The monoisotopic (exact) mass is 891 g/mol. The molecule has 7 rings (SSSR count). The largest absolute Gasteiger partial charge is 0.482 e. The zero-order valence-corrected chi connectivity index (χ0v) is 37.6. The van der Waals surface area contributed by atoms with Gasteiger partial charge in [-0.2, -0.15) is 4.31 Å². The Morgan fingerprint density at radius 3 is 2.23 bits per heavy atom. The van der Waals surface area contributed by atoms with Crippen molar-refractivity contribution in [3.8, 4) is 5.75 Å². The summed E-state index contributed by atoms with van der Waals surface area (Å²) in [6.07, 6.45) is 4.51. The first-order chi connectivity index (χ1) is 29.7. The van der Waals surface area contributed by atoms with Crippen LogP contribution in [0.2, 0.25) is 0 Å². The van der Waals surface area contributed by atoms with E-state index in [4.69, 9.17) is 14.2 Å². The molecule has 4 aliphatic heterocycles. The molecule has 4 atom stereocenters. The number of nitrogens with zero attached hydrogens (tertiary/aromatic N) is 3. The van der Waals surface area contributed by atoms with Gasteiger partial charge in [0.1, 0.15) is 12.4 Å². The molecule has 15 heteroatoms. The van der Waals surface area contributed by atoms with Gasteiger partial charge in [0.2, 0.25) is 20.0 Å². The maximum atomic E-state index is 14.5. The van der Waals surface area contributed by atoms with Crippen molar-refractivity contribution in [1.29, 1.82) is 0 Å². The highest BCUT2D eigenvalue weighted by molar-refractivity contribution is 7.89. The lowest BCUT2D eigenvalue weighted by molar-refractivity contribution is -0.170. The predicted molar refractivity (Wildman–Crippen MR) is 236 cm³/mol. The van der Waals surface area contributed by atoms with E-state index in [1.54, 1.807) is 15.3 Å². The van der Waals surface area contributed by atoms with E-state index in [-0.39, 0.29) is 48.9 Å². The third kappa shape index (κ3) is 10.1. The molecule has 3 aromatic carbocycles. The first kappa shape index (κ1) is 45.7. The van der Waals surface area contributed by atoms with E-state index >= 15 is 0 Å². The number of sulfonamides is 2. The highest BCUT2D eigenvalue weighted by Gasteiger charge is 2.53. The summed E-state index contributed by atoms with van der Waals surface area (Å²) < 4.78 is 79.6. The van der Waals surface area contributed by atoms with Crippen LogP contribution in [-0.4, -0.2) is 105 Å². The number of carbonyl (C=O) groups excluding carboxylic acids is 1. The fourth-order valence-electron chi connectivity index (χ4n) is 9.92. The van der Waals surface area contributed by atoms with Gasteiger partial charge in [-0.15, -0.1) is 0 Å². The lowest BCUT2D eigenvalue weighted by atomic mass is 9.64. The minimum absolute atomic E-state index is 0.0704. The second kappa shape index (κ2) is 19.6. The second-order valence-corrected chi connectivity index (χ2v) is 21.6. The van der Waals surface area contributed by atoms with Crippen LogP contribution in [0.3, 0.4) is 0 Å². The van der Waals surface area contributed by atoms with E-state index in [0.717, 1.165) is 41.5 Å². The predicted octanol–water partition coefficient (Wildman–Crippen LogP) is 7.37. The van der Waals surface area contributed by atoms with E-state index in [0.29, 0.717) is 70.1 Å². The van der Waals surface area contributed by atoms with Crippen molar-refractivity contribution in [1.82, 2.24) is 13.5 Å². The number of unbranched alkanes of at least 4 members (excludes halogenated alkanes) is 1. The van der Waals surface area contributed by atoms with Gasteiger partial charge in [0, 0.05) is 56.2 Å². The topological polar surface area (TPSA) is 160 Å². The molecule has 3 aromatic rings. The van der Waals surface area contributed by atoms with Crippen molar-refractivity contribution in [3.05, 3.63) is 107 Å². The Bertz CT molecular complexity index is 2270. The molecular weight excluding hydrogens is 831 g/mol. The van der Waals surface area contributed by atoms with Gasteiger partial charge >= 0.3 is 12.1 Å². The minimum atomic E-state index is -3.98. The molecule has 0 aromatic heterocycles. The van der Waals surface area contributed by atoms with Crippen LogP contribution in [-0.2, 0) is 53.8 Å². The zero-order valence-electron chi connectivity index (χ0n) is 36.0.